The number of nitrogens with one attached hydrogen (secondary N) is 1. The fraction of sp³-hybridized carbons (Fsp3) is 0.350. The number of carbonyl (C=O) groups excluding carboxylic acids is 2. The summed E-state index contributed by atoms with van der Waals surface area (Å²) in [5.41, 5.74) is 1.05. The Hall–Kier alpha value is -2.58. The van der Waals surface area contributed by atoms with Gasteiger partial charge in [-0.3, -0.25) is 9.59 Å². The van der Waals surface area contributed by atoms with Gasteiger partial charge >= 0.3 is 0 Å². The van der Waals surface area contributed by atoms with E-state index in [1.165, 1.54) is 12.3 Å². The molecule has 0 radical (unpaired) electrons. The summed E-state index contributed by atoms with van der Waals surface area (Å²) in [5, 5.41) is 2.69. The lowest BCUT2D eigenvalue weighted by Gasteiger charge is -2.19. The van der Waals surface area contributed by atoms with Crippen LogP contribution < -0.4 is 5.32 Å². The maximum Gasteiger partial charge on any atom is 0.260 e. The molecule has 1 aromatic carbocycles. The average Bonchev–Trinajstić information content (AvgIpc) is 2.90. The molecule has 0 saturated carbocycles. The van der Waals surface area contributed by atoms with Gasteiger partial charge in [-0.25, -0.2) is 13.4 Å². The average molecular weight is 401 g/mol. The van der Waals surface area contributed by atoms with Crippen molar-refractivity contribution >= 4 is 21.7 Å². The molecule has 1 amide bonds. The number of hydrogen-bond acceptors (Lipinski definition) is 5. The molecule has 1 N–H and O–H groups in total. The highest BCUT2D eigenvalue weighted by Gasteiger charge is 2.33. The van der Waals surface area contributed by atoms with Crippen LogP contribution in [0.1, 0.15) is 24.8 Å². The first-order chi connectivity index (χ1) is 13.5. The number of pyridine rings is 1. The molecule has 1 aromatic heterocycles. The van der Waals surface area contributed by atoms with Crippen LogP contribution in [0.4, 0.5) is 0 Å². The van der Waals surface area contributed by atoms with Crippen molar-refractivity contribution in [2.45, 2.75) is 36.8 Å². The zero-order valence-electron chi connectivity index (χ0n) is 15.5. The van der Waals surface area contributed by atoms with Gasteiger partial charge in [0.2, 0.25) is 5.91 Å². The fourth-order valence-corrected chi connectivity index (χ4v) is 4.53. The number of aromatic nitrogens is 1. The van der Waals surface area contributed by atoms with Gasteiger partial charge in [-0.05, 0) is 37.0 Å². The molecule has 148 valence electrons. The maximum atomic E-state index is 12.7. The lowest BCUT2D eigenvalue weighted by atomic mass is 10.1. The molecule has 7 nitrogen and oxygen atoms in total. The summed E-state index contributed by atoms with van der Waals surface area (Å²) in [5.74, 6) is -0.506. The first kappa shape index (κ1) is 20.2. The summed E-state index contributed by atoms with van der Waals surface area (Å²) in [7, 11) is -3.83. The van der Waals surface area contributed by atoms with Gasteiger partial charge in [0.1, 0.15) is 0 Å². The molecule has 1 aliphatic rings. The summed E-state index contributed by atoms with van der Waals surface area (Å²) < 4.78 is 26.5. The number of hydrogen-bond donors (Lipinski definition) is 1. The maximum absolute atomic E-state index is 12.7. The Kier molecular flexibility index (Phi) is 6.53. The van der Waals surface area contributed by atoms with Gasteiger partial charge in [-0.2, -0.15) is 4.31 Å². The summed E-state index contributed by atoms with van der Waals surface area (Å²) in [6, 6.07) is 13.6. The van der Waals surface area contributed by atoms with E-state index in [1.54, 1.807) is 12.1 Å². The van der Waals surface area contributed by atoms with E-state index in [0.29, 0.717) is 19.3 Å². The third-order valence-corrected chi connectivity index (χ3v) is 6.44. The van der Waals surface area contributed by atoms with E-state index in [1.807, 2.05) is 30.3 Å². The van der Waals surface area contributed by atoms with Gasteiger partial charge in [0.05, 0.1) is 12.6 Å². The second-order valence-corrected chi connectivity index (χ2v) is 8.61. The van der Waals surface area contributed by atoms with E-state index in [0.717, 1.165) is 9.87 Å². The third-order valence-electron chi connectivity index (χ3n) is 4.68. The van der Waals surface area contributed by atoms with Gasteiger partial charge in [-0.1, -0.05) is 36.4 Å². The smallest absolute Gasteiger partial charge is 0.260 e. The van der Waals surface area contributed by atoms with Crippen molar-refractivity contribution in [1.29, 1.82) is 0 Å². The first-order valence-electron chi connectivity index (χ1n) is 9.24. The SMILES string of the molecule is O=C(CCc1ccccc1)N[C@H]1CCCN(S(=O)(=O)c2ccccn2)CC1=O. The molecule has 2 heterocycles. The predicted octanol–water partition coefficient (Wildman–Crippen LogP) is 1.55. The Morgan fingerprint density at radius 3 is 2.61 bits per heavy atom. The minimum atomic E-state index is -3.83. The standard InChI is InChI=1S/C20H23N3O4S/c24-18-15-23(28(26,27)20-10-4-5-13-21-20)14-6-9-17(18)22-19(25)12-11-16-7-2-1-3-8-16/h1-5,7-8,10,13,17H,6,9,11-12,14-15H2,(H,22,25)/t17-/m0/s1. The zero-order valence-corrected chi connectivity index (χ0v) is 16.3. The summed E-state index contributed by atoms with van der Waals surface area (Å²) in [6.45, 7) is -0.0381. The van der Waals surface area contributed by atoms with Crippen LogP contribution >= 0.6 is 0 Å². The molecule has 0 aliphatic carbocycles. The van der Waals surface area contributed by atoms with Crippen LogP contribution in [0.15, 0.2) is 59.8 Å². The van der Waals surface area contributed by atoms with E-state index in [4.69, 9.17) is 0 Å². The highest BCUT2D eigenvalue weighted by molar-refractivity contribution is 7.89. The molecule has 2 aromatic rings. The number of amides is 1. The lowest BCUT2D eigenvalue weighted by Crippen LogP contribution is -2.44. The van der Waals surface area contributed by atoms with Gasteiger partial charge in [-0.15, -0.1) is 0 Å². The van der Waals surface area contributed by atoms with Crippen molar-refractivity contribution in [3.8, 4) is 0 Å². The van der Waals surface area contributed by atoms with Crippen molar-refractivity contribution in [2.75, 3.05) is 13.1 Å². The van der Waals surface area contributed by atoms with Crippen molar-refractivity contribution < 1.29 is 18.0 Å². The summed E-state index contributed by atoms with van der Waals surface area (Å²) in [4.78, 5) is 28.7. The van der Waals surface area contributed by atoms with E-state index >= 15 is 0 Å². The molecule has 0 bridgehead atoms. The number of benzene rings is 1. The Bertz CT molecular complexity index is 917. The second kappa shape index (κ2) is 9.07. The molecular formula is C20H23N3O4S. The number of rotatable bonds is 6. The number of carbonyl (C=O) groups is 2. The number of Topliss-reactive ketones (excluding diaryl/α,β-unsaturated/α-hetero) is 1. The van der Waals surface area contributed by atoms with E-state index < -0.39 is 16.1 Å². The molecule has 3 rings (SSSR count). The second-order valence-electron chi connectivity index (χ2n) is 6.72. The van der Waals surface area contributed by atoms with Crippen molar-refractivity contribution in [3.05, 3.63) is 60.3 Å². The largest absolute Gasteiger partial charge is 0.346 e. The Labute approximate surface area is 164 Å². The number of nitrogens with zero attached hydrogens (tertiary/aromatic N) is 2. The minimum Gasteiger partial charge on any atom is -0.346 e. The van der Waals surface area contributed by atoms with E-state index in [9.17, 15) is 18.0 Å². The van der Waals surface area contributed by atoms with E-state index in [-0.39, 0.29) is 36.2 Å². The van der Waals surface area contributed by atoms with Crippen LogP contribution in [0, 0.1) is 0 Å². The van der Waals surface area contributed by atoms with Crippen LogP contribution in [0.5, 0.6) is 0 Å². The monoisotopic (exact) mass is 401 g/mol. The molecular weight excluding hydrogens is 378 g/mol. The Morgan fingerprint density at radius 1 is 1.14 bits per heavy atom. The van der Waals surface area contributed by atoms with Crippen LogP contribution in [0.3, 0.4) is 0 Å². The molecule has 1 saturated heterocycles. The number of ketones is 1. The molecule has 28 heavy (non-hydrogen) atoms. The van der Waals surface area contributed by atoms with Crippen LogP contribution in [-0.4, -0.2) is 48.5 Å². The summed E-state index contributed by atoms with van der Waals surface area (Å²) >= 11 is 0. The molecule has 0 unspecified atom stereocenters. The Morgan fingerprint density at radius 2 is 1.89 bits per heavy atom. The molecule has 8 heteroatoms. The first-order valence-corrected chi connectivity index (χ1v) is 10.7. The van der Waals surface area contributed by atoms with Crippen LogP contribution in [-0.2, 0) is 26.0 Å². The molecule has 0 spiro atoms. The van der Waals surface area contributed by atoms with Gasteiger partial charge in [0.15, 0.2) is 10.8 Å². The molecule has 1 fully saturated rings. The van der Waals surface area contributed by atoms with Crippen molar-refractivity contribution in [2.24, 2.45) is 0 Å². The fourth-order valence-electron chi connectivity index (χ4n) is 3.15. The van der Waals surface area contributed by atoms with Crippen LogP contribution in [0.2, 0.25) is 0 Å². The van der Waals surface area contributed by atoms with E-state index in [2.05, 4.69) is 10.3 Å². The lowest BCUT2D eigenvalue weighted by molar-refractivity contribution is -0.127. The minimum absolute atomic E-state index is 0.0758. The highest BCUT2D eigenvalue weighted by Crippen LogP contribution is 2.17. The van der Waals surface area contributed by atoms with Crippen molar-refractivity contribution in [1.82, 2.24) is 14.6 Å². The van der Waals surface area contributed by atoms with Gasteiger partial charge < -0.3 is 5.32 Å². The number of aryl methyl sites for hydroxylation is 1. The quantitative estimate of drug-likeness (QED) is 0.792. The Balaban J connectivity index is 1.59. The zero-order chi connectivity index (χ0) is 20.0. The summed E-state index contributed by atoms with van der Waals surface area (Å²) in [6.07, 6.45) is 3.19. The molecule has 1 aliphatic heterocycles. The van der Waals surface area contributed by atoms with Crippen molar-refractivity contribution in [3.63, 3.8) is 0 Å². The topological polar surface area (TPSA) is 96.4 Å². The molecule has 1 atom stereocenters. The normalized spacial score (nSPS) is 18.4. The van der Waals surface area contributed by atoms with Gasteiger partial charge in [0, 0.05) is 19.2 Å². The highest BCUT2D eigenvalue weighted by atomic mass is 32.2. The van der Waals surface area contributed by atoms with Gasteiger partial charge in [0.25, 0.3) is 10.0 Å². The van der Waals surface area contributed by atoms with Crippen LogP contribution in [0.25, 0.3) is 0 Å². The number of sulfonamides is 1. The third kappa shape index (κ3) is 5.02. The predicted molar refractivity (Wildman–Crippen MR) is 104 cm³/mol.